The minimum absolute atomic E-state index is 0.418. The predicted molar refractivity (Wildman–Crippen MR) is 161 cm³/mol. The second-order valence-electron chi connectivity index (χ2n) is 9.30. The van der Waals surface area contributed by atoms with Crippen molar-refractivity contribution in [2.24, 2.45) is 4.88 Å². The number of thioether (sulfide) groups is 1. The van der Waals surface area contributed by atoms with Gasteiger partial charge in [-0.1, -0.05) is 102 Å². The van der Waals surface area contributed by atoms with Gasteiger partial charge in [0.15, 0.2) is 0 Å². The normalized spacial score (nSPS) is 17.4. The van der Waals surface area contributed by atoms with Crippen LogP contribution in [0, 0.1) is 0 Å². The second-order valence-corrected chi connectivity index (χ2v) is 12.2. The van der Waals surface area contributed by atoms with Gasteiger partial charge < -0.3 is 5.32 Å². The van der Waals surface area contributed by atoms with Gasteiger partial charge in [-0.25, -0.2) is 0 Å². The third-order valence-corrected chi connectivity index (χ3v) is 9.59. The van der Waals surface area contributed by atoms with Crippen LogP contribution in [0.4, 0.5) is 0 Å². The molecule has 1 aliphatic heterocycles. The summed E-state index contributed by atoms with van der Waals surface area (Å²) in [4.78, 5) is 7.36. The summed E-state index contributed by atoms with van der Waals surface area (Å²) < 4.78 is 0. The number of benzene rings is 3. The molecule has 2 atom stereocenters. The Morgan fingerprint density at radius 3 is 2.43 bits per heavy atom. The summed E-state index contributed by atoms with van der Waals surface area (Å²) in [6.45, 7) is 0. The van der Waals surface area contributed by atoms with Gasteiger partial charge in [-0.2, -0.15) is 0 Å². The SMILES string of the molecule is [N-]=[N+]=NP(Cc1ccc(C2=CCCC=C2)cc1)c1ccc(C2=CSC(CCCc3ccccc3)N2)cc1. The third kappa shape index (κ3) is 6.96. The van der Waals surface area contributed by atoms with Crippen molar-refractivity contribution in [1.29, 1.82) is 0 Å². The number of hydrogen-bond acceptors (Lipinski definition) is 3. The fourth-order valence-electron chi connectivity index (χ4n) is 4.66. The smallest absolute Gasteiger partial charge is 0.0764 e. The third-order valence-electron chi connectivity index (χ3n) is 6.68. The standard InChI is InChI=1S/C31H31N4PS/c32-34-35-36(22-25-14-16-27(17-15-25)26-11-5-2-6-12-26)29-20-18-28(19-21-29)30-23-37-31(33-30)13-7-10-24-8-3-1-4-9-24/h1,3-5,8-9,11-12,14-21,23,31,33H,2,6-7,10,13,22H2. The first kappa shape index (κ1) is 25.4. The van der Waals surface area contributed by atoms with E-state index in [1.54, 1.807) is 0 Å². The zero-order valence-corrected chi connectivity index (χ0v) is 22.5. The zero-order valence-electron chi connectivity index (χ0n) is 20.8. The van der Waals surface area contributed by atoms with Gasteiger partial charge in [0.2, 0.25) is 0 Å². The molecule has 0 aromatic heterocycles. The molecule has 6 heteroatoms. The van der Waals surface area contributed by atoms with E-state index in [0.29, 0.717) is 5.37 Å². The average Bonchev–Trinajstić information content (AvgIpc) is 3.43. The van der Waals surface area contributed by atoms with Crippen molar-refractivity contribution in [3.05, 3.63) is 135 Å². The number of nitrogens with one attached hydrogen (secondary N) is 1. The number of hydrogen-bond donors (Lipinski definition) is 1. The van der Waals surface area contributed by atoms with E-state index in [1.165, 1.54) is 39.9 Å². The number of aryl methyl sites for hydroxylation is 1. The highest BCUT2D eigenvalue weighted by Crippen LogP contribution is 2.41. The molecule has 0 amide bonds. The van der Waals surface area contributed by atoms with Crippen LogP contribution >= 0.6 is 19.8 Å². The molecule has 0 fully saturated rings. The van der Waals surface area contributed by atoms with Crippen LogP contribution in [0.2, 0.25) is 0 Å². The van der Waals surface area contributed by atoms with Crippen molar-refractivity contribution < 1.29 is 0 Å². The Hall–Kier alpha value is -3.23. The predicted octanol–water partition coefficient (Wildman–Crippen LogP) is 8.94. The molecule has 5 rings (SSSR count). The molecule has 3 aromatic rings. The first-order valence-corrected chi connectivity index (χ1v) is 15.3. The molecule has 0 bridgehead atoms. The highest BCUT2D eigenvalue weighted by Gasteiger charge is 2.18. The van der Waals surface area contributed by atoms with E-state index in [2.05, 4.69) is 118 Å². The van der Waals surface area contributed by atoms with Crippen LogP contribution in [0.15, 0.2) is 107 Å². The molecule has 186 valence electrons. The first-order valence-electron chi connectivity index (χ1n) is 12.8. The van der Waals surface area contributed by atoms with Crippen molar-refractivity contribution in [2.45, 2.75) is 43.6 Å². The number of nitrogens with zero attached hydrogens (tertiary/aromatic N) is 3. The molecule has 2 unspecified atom stereocenters. The highest BCUT2D eigenvalue weighted by atomic mass is 32.2. The molecule has 0 saturated heterocycles. The van der Waals surface area contributed by atoms with Gasteiger partial charge in [0.25, 0.3) is 0 Å². The fourth-order valence-corrected chi connectivity index (χ4v) is 7.16. The lowest BCUT2D eigenvalue weighted by Crippen LogP contribution is -2.19. The van der Waals surface area contributed by atoms with E-state index < -0.39 is 8.07 Å². The van der Waals surface area contributed by atoms with Crippen LogP contribution in [-0.2, 0) is 12.6 Å². The Kier molecular flexibility index (Phi) is 8.82. The van der Waals surface area contributed by atoms with Crippen molar-refractivity contribution in [1.82, 2.24) is 5.32 Å². The monoisotopic (exact) mass is 522 g/mol. The Bertz CT molecular complexity index is 1320. The van der Waals surface area contributed by atoms with E-state index in [9.17, 15) is 5.53 Å². The summed E-state index contributed by atoms with van der Waals surface area (Å²) >= 11 is 1.87. The van der Waals surface area contributed by atoms with E-state index in [1.807, 2.05) is 11.8 Å². The number of allylic oxidation sites excluding steroid dienone is 4. The molecule has 0 spiro atoms. The quantitative estimate of drug-likeness (QED) is 0.125. The topological polar surface area (TPSA) is 60.8 Å². The summed E-state index contributed by atoms with van der Waals surface area (Å²) in [6, 6.07) is 27.9. The van der Waals surface area contributed by atoms with Crippen LogP contribution < -0.4 is 10.6 Å². The summed E-state index contributed by atoms with van der Waals surface area (Å²) in [5.74, 6) is 0. The van der Waals surface area contributed by atoms with Crippen LogP contribution in [-0.4, -0.2) is 5.37 Å². The molecule has 2 aliphatic rings. The van der Waals surface area contributed by atoms with Crippen LogP contribution in [0.3, 0.4) is 0 Å². The van der Waals surface area contributed by atoms with Crippen LogP contribution in [0.25, 0.3) is 21.7 Å². The molecule has 1 heterocycles. The van der Waals surface area contributed by atoms with Crippen molar-refractivity contribution in [3.63, 3.8) is 0 Å². The number of azide groups is 1. The molecule has 0 radical (unpaired) electrons. The van der Waals surface area contributed by atoms with Gasteiger partial charge in [-0.3, -0.25) is 0 Å². The van der Waals surface area contributed by atoms with Crippen LogP contribution in [0.5, 0.6) is 0 Å². The summed E-state index contributed by atoms with van der Waals surface area (Å²) in [5.41, 5.74) is 16.7. The Labute approximate surface area is 225 Å². The van der Waals surface area contributed by atoms with Crippen LogP contribution in [0.1, 0.15) is 47.9 Å². The van der Waals surface area contributed by atoms with Crippen molar-refractivity contribution >= 4 is 36.4 Å². The van der Waals surface area contributed by atoms with Gasteiger partial charge in [-0.15, -0.1) is 11.8 Å². The molecular formula is C31H31N4PS. The molecule has 4 nitrogen and oxygen atoms in total. The lowest BCUT2D eigenvalue weighted by Gasteiger charge is -2.15. The highest BCUT2D eigenvalue weighted by molar-refractivity contribution is 8.03. The summed E-state index contributed by atoms with van der Waals surface area (Å²) in [7, 11) is -0.985. The summed E-state index contributed by atoms with van der Waals surface area (Å²) in [5, 5.41) is 7.43. The maximum absolute atomic E-state index is 9.23. The number of rotatable bonds is 10. The molecule has 1 N–H and O–H groups in total. The molecule has 0 saturated carbocycles. The largest absolute Gasteiger partial charge is 0.372 e. The van der Waals surface area contributed by atoms with E-state index in [0.717, 1.165) is 37.1 Å². The lowest BCUT2D eigenvalue weighted by molar-refractivity contribution is 0.671. The van der Waals surface area contributed by atoms with Gasteiger partial charge >= 0.3 is 0 Å². The second kappa shape index (κ2) is 12.8. The van der Waals surface area contributed by atoms with E-state index in [-0.39, 0.29) is 0 Å². The molecule has 37 heavy (non-hydrogen) atoms. The minimum Gasteiger partial charge on any atom is -0.372 e. The Morgan fingerprint density at radius 1 is 0.919 bits per heavy atom. The molecule has 3 aromatic carbocycles. The van der Waals surface area contributed by atoms with Gasteiger partial charge in [0.05, 0.1) is 5.37 Å². The van der Waals surface area contributed by atoms with Crippen molar-refractivity contribution in [3.8, 4) is 0 Å². The Morgan fingerprint density at radius 2 is 1.70 bits per heavy atom. The van der Waals surface area contributed by atoms with Crippen molar-refractivity contribution in [2.75, 3.05) is 0 Å². The maximum Gasteiger partial charge on any atom is 0.0764 e. The summed E-state index contributed by atoms with van der Waals surface area (Å²) in [6.07, 6.45) is 13.1. The molecule has 1 aliphatic carbocycles. The first-order chi connectivity index (χ1) is 18.3. The molecular weight excluding hydrogens is 491 g/mol. The van der Waals surface area contributed by atoms with Gasteiger partial charge in [0, 0.05) is 24.8 Å². The average molecular weight is 523 g/mol. The minimum atomic E-state index is -0.985. The zero-order chi connectivity index (χ0) is 25.3. The van der Waals surface area contributed by atoms with E-state index >= 15 is 0 Å². The van der Waals surface area contributed by atoms with Gasteiger partial charge in [0.1, 0.15) is 0 Å². The van der Waals surface area contributed by atoms with Gasteiger partial charge in [-0.05, 0) is 76.2 Å². The van der Waals surface area contributed by atoms with E-state index in [4.69, 9.17) is 0 Å². The fraction of sp³-hybridized carbons (Fsp3) is 0.226. The lowest BCUT2D eigenvalue weighted by atomic mass is 9.99. The Balaban J connectivity index is 1.17. The maximum atomic E-state index is 9.23.